The maximum atomic E-state index is 12.6. The molecule has 1 atom stereocenters. The molecule has 0 unspecified atom stereocenters. The number of urea groups is 1. The maximum absolute atomic E-state index is 12.6. The van der Waals surface area contributed by atoms with Crippen LogP contribution < -0.4 is 16.2 Å². The van der Waals surface area contributed by atoms with Crippen molar-refractivity contribution in [3.8, 4) is 0 Å². The fraction of sp³-hybridized carbons (Fsp3) is 0.500. The number of amides is 3. The van der Waals surface area contributed by atoms with Crippen LogP contribution in [-0.4, -0.2) is 27.5 Å². The van der Waals surface area contributed by atoms with E-state index >= 15 is 0 Å². The van der Waals surface area contributed by atoms with Gasteiger partial charge in [-0.05, 0) is 38.2 Å². The van der Waals surface area contributed by atoms with Gasteiger partial charge >= 0.3 is 6.03 Å². The molecule has 0 saturated carbocycles. The Kier molecular flexibility index (Phi) is 4.66. The number of hydrogen-bond donors (Lipinski definition) is 2. The van der Waals surface area contributed by atoms with Gasteiger partial charge in [-0.3, -0.25) is 19.5 Å². The van der Waals surface area contributed by atoms with Crippen LogP contribution in [0.3, 0.4) is 0 Å². The van der Waals surface area contributed by atoms with E-state index in [1.807, 2.05) is 13.8 Å². The molecule has 3 amide bonds. The van der Waals surface area contributed by atoms with Crippen LogP contribution in [0, 0.1) is 0 Å². The predicted octanol–water partition coefficient (Wildman–Crippen LogP) is 1.57. The average molecular weight is 348 g/mol. The van der Waals surface area contributed by atoms with E-state index < -0.39 is 11.9 Å². The van der Waals surface area contributed by atoms with Gasteiger partial charge in [-0.2, -0.15) is 0 Å². The number of thiophene rings is 1. The summed E-state index contributed by atoms with van der Waals surface area (Å²) in [6.45, 7) is 3.57. The van der Waals surface area contributed by atoms with Crippen LogP contribution in [0.25, 0.3) is 10.2 Å². The van der Waals surface area contributed by atoms with Crippen molar-refractivity contribution in [2.24, 2.45) is 0 Å². The highest BCUT2D eigenvalue weighted by Gasteiger charge is 2.22. The quantitative estimate of drug-likeness (QED) is 0.877. The SMILES string of the molecule is CC[C@@H](C)NC(=O)NC(=O)Cn1cnc2sc3c(c2c1=O)CCC3. The van der Waals surface area contributed by atoms with Gasteiger partial charge < -0.3 is 5.32 Å². The van der Waals surface area contributed by atoms with Gasteiger partial charge in [0.15, 0.2) is 0 Å². The number of imide groups is 1. The minimum atomic E-state index is -0.548. The lowest BCUT2D eigenvalue weighted by Crippen LogP contribution is -2.45. The number of rotatable bonds is 4. The molecule has 0 aromatic carbocycles. The van der Waals surface area contributed by atoms with Crippen molar-refractivity contribution in [1.29, 1.82) is 0 Å². The Morgan fingerprint density at radius 2 is 2.21 bits per heavy atom. The standard InChI is InChI=1S/C16H20N4O3S/c1-3-9(2)18-16(23)19-12(21)7-20-8-17-14-13(15(20)22)10-5-4-6-11(10)24-14/h8-9H,3-7H2,1-2H3,(H2,18,19,21,23)/t9-/m1/s1. The van der Waals surface area contributed by atoms with E-state index in [9.17, 15) is 14.4 Å². The molecule has 128 valence electrons. The largest absolute Gasteiger partial charge is 0.335 e. The highest BCUT2D eigenvalue weighted by molar-refractivity contribution is 7.18. The minimum Gasteiger partial charge on any atom is -0.335 e. The summed E-state index contributed by atoms with van der Waals surface area (Å²) in [5.74, 6) is -0.536. The van der Waals surface area contributed by atoms with Gasteiger partial charge in [-0.1, -0.05) is 6.92 Å². The molecule has 0 bridgehead atoms. The average Bonchev–Trinajstić information content (AvgIpc) is 3.10. The first kappa shape index (κ1) is 16.6. The summed E-state index contributed by atoms with van der Waals surface area (Å²) < 4.78 is 1.26. The third kappa shape index (κ3) is 3.19. The van der Waals surface area contributed by atoms with Crippen LogP contribution in [-0.2, 0) is 24.2 Å². The van der Waals surface area contributed by atoms with Gasteiger partial charge in [0, 0.05) is 10.9 Å². The number of hydrogen-bond acceptors (Lipinski definition) is 5. The molecule has 2 aromatic heterocycles. The molecule has 0 radical (unpaired) electrons. The highest BCUT2D eigenvalue weighted by Crippen LogP contribution is 2.34. The maximum Gasteiger partial charge on any atom is 0.321 e. The molecule has 3 rings (SSSR count). The van der Waals surface area contributed by atoms with Crippen LogP contribution in [0.1, 0.15) is 37.1 Å². The fourth-order valence-electron chi connectivity index (χ4n) is 2.81. The summed E-state index contributed by atoms with van der Waals surface area (Å²) in [5.41, 5.74) is 0.869. The van der Waals surface area contributed by atoms with Crippen LogP contribution >= 0.6 is 11.3 Å². The third-order valence-corrected chi connectivity index (χ3v) is 5.45. The van der Waals surface area contributed by atoms with Crippen molar-refractivity contribution in [2.45, 2.75) is 52.1 Å². The van der Waals surface area contributed by atoms with Gasteiger partial charge in [0.1, 0.15) is 11.4 Å². The van der Waals surface area contributed by atoms with E-state index in [-0.39, 0.29) is 18.1 Å². The van der Waals surface area contributed by atoms with Crippen molar-refractivity contribution in [3.63, 3.8) is 0 Å². The third-order valence-electron chi connectivity index (χ3n) is 4.25. The number of fused-ring (bicyclic) bond motifs is 3. The Hall–Kier alpha value is -2.22. The van der Waals surface area contributed by atoms with Crippen molar-refractivity contribution in [1.82, 2.24) is 20.2 Å². The van der Waals surface area contributed by atoms with Crippen LogP contribution in [0.4, 0.5) is 4.79 Å². The molecule has 0 saturated heterocycles. The molecule has 8 heteroatoms. The van der Waals surface area contributed by atoms with E-state index in [4.69, 9.17) is 0 Å². The zero-order valence-electron chi connectivity index (χ0n) is 13.7. The van der Waals surface area contributed by atoms with Crippen LogP contribution in [0.5, 0.6) is 0 Å². The molecular formula is C16H20N4O3S. The second-order valence-corrected chi connectivity index (χ2v) is 7.13. The van der Waals surface area contributed by atoms with Crippen LogP contribution in [0.2, 0.25) is 0 Å². The topological polar surface area (TPSA) is 93.1 Å². The summed E-state index contributed by atoms with van der Waals surface area (Å²) >= 11 is 1.56. The van der Waals surface area contributed by atoms with Gasteiger partial charge in [-0.25, -0.2) is 9.78 Å². The number of aromatic nitrogens is 2. The summed E-state index contributed by atoms with van der Waals surface area (Å²) in [5, 5.41) is 5.52. The molecular weight excluding hydrogens is 328 g/mol. The summed E-state index contributed by atoms with van der Waals surface area (Å²) in [7, 11) is 0. The number of carbonyl (C=O) groups is 2. The van der Waals surface area contributed by atoms with Gasteiger partial charge in [-0.15, -0.1) is 11.3 Å². The molecule has 24 heavy (non-hydrogen) atoms. The Morgan fingerprint density at radius 3 is 2.96 bits per heavy atom. The Morgan fingerprint density at radius 1 is 1.42 bits per heavy atom. The summed E-state index contributed by atoms with van der Waals surface area (Å²) in [6.07, 6.45) is 5.08. The minimum absolute atomic E-state index is 0.0214. The number of aryl methyl sites for hydroxylation is 2. The molecule has 2 N–H and O–H groups in total. The molecule has 0 fully saturated rings. The zero-order chi connectivity index (χ0) is 17.3. The van der Waals surface area contributed by atoms with E-state index in [1.54, 1.807) is 11.3 Å². The summed E-state index contributed by atoms with van der Waals surface area (Å²) in [4.78, 5) is 42.6. The van der Waals surface area contributed by atoms with Gasteiger partial charge in [0.2, 0.25) is 5.91 Å². The van der Waals surface area contributed by atoms with E-state index in [1.165, 1.54) is 15.8 Å². The normalized spacial score (nSPS) is 14.4. The Labute approximate surface area is 143 Å². The van der Waals surface area contributed by atoms with Crippen molar-refractivity contribution < 1.29 is 9.59 Å². The van der Waals surface area contributed by atoms with E-state index in [2.05, 4.69) is 15.6 Å². The molecule has 1 aliphatic rings. The number of carbonyl (C=O) groups excluding carboxylic acids is 2. The fourth-order valence-corrected chi connectivity index (χ4v) is 4.03. The Balaban J connectivity index is 1.76. The zero-order valence-corrected chi connectivity index (χ0v) is 14.5. The van der Waals surface area contributed by atoms with E-state index in [0.717, 1.165) is 36.1 Å². The molecule has 7 nitrogen and oxygen atoms in total. The van der Waals surface area contributed by atoms with Crippen LogP contribution in [0.15, 0.2) is 11.1 Å². The second kappa shape index (κ2) is 6.72. The lowest BCUT2D eigenvalue weighted by Gasteiger charge is -2.12. The first-order chi connectivity index (χ1) is 11.5. The lowest BCUT2D eigenvalue weighted by molar-refractivity contribution is -0.120. The lowest BCUT2D eigenvalue weighted by atomic mass is 10.2. The smallest absolute Gasteiger partial charge is 0.321 e. The summed E-state index contributed by atoms with van der Waals surface area (Å²) in [6, 6.07) is -0.570. The van der Waals surface area contributed by atoms with Crippen molar-refractivity contribution in [2.75, 3.05) is 0 Å². The molecule has 2 heterocycles. The molecule has 0 spiro atoms. The molecule has 2 aromatic rings. The second-order valence-electron chi connectivity index (χ2n) is 6.05. The predicted molar refractivity (Wildman–Crippen MR) is 92.3 cm³/mol. The molecule has 0 aliphatic heterocycles. The Bertz CT molecular complexity index is 855. The van der Waals surface area contributed by atoms with Gasteiger partial charge in [0.25, 0.3) is 5.56 Å². The molecule has 1 aliphatic carbocycles. The number of nitrogens with one attached hydrogen (secondary N) is 2. The van der Waals surface area contributed by atoms with Crippen molar-refractivity contribution in [3.05, 3.63) is 27.1 Å². The first-order valence-corrected chi connectivity index (χ1v) is 8.91. The van der Waals surface area contributed by atoms with E-state index in [0.29, 0.717) is 5.39 Å². The highest BCUT2D eigenvalue weighted by atomic mass is 32.1. The number of nitrogens with zero attached hydrogens (tertiary/aromatic N) is 2. The van der Waals surface area contributed by atoms with Gasteiger partial charge in [0.05, 0.1) is 11.7 Å². The monoisotopic (exact) mass is 348 g/mol. The van der Waals surface area contributed by atoms with Crippen molar-refractivity contribution >= 4 is 33.5 Å². The first-order valence-electron chi connectivity index (χ1n) is 8.09.